The summed E-state index contributed by atoms with van der Waals surface area (Å²) in [7, 11) is 0. The lowest BCUT2D eigenvalue weighted by atomic mass is 10.0. The van der Waals surface area contributed by atoms with Crippen LogP contribution in [0.1, 0.15) is 5.56 Å². The van der Waals surface area contributed by atoms with Crippen molar-refractivity contribution < 1.29 is 22.3 Å². The number of rotatable bonds is 2. The third-order valence-electron chi connectivity index (χ3n) is 2.58. The molecule has 0 N–H and O–H groups in total. The maximum absolute atomic E-state index is 13.4. The smallest absolute Gasteiger partial charge is 0.404 e. The van der Waals surface area contributed by atoms with Crippen LogP contribution in [0.3, 0.4) is 0 Å². The Hall–Kier alpha value is -2.26. The minimum Gasteiger partial charge on any atom is -0.404 e. The van der Waals surface area contributed by atoms with E-state index in [0.717, 1.165) is 12.1 Å². The molecule has 0 saturated heterocycles. The maximum Gasteiger partial charge on any atom is 0.573 e. The standard InChI is InChI=1S/C14H6ClF4NO/c15-11-3-1-9(6-12(11)16)8-2-4-13(10(5-8)7-20)21-14(17,18)19/h1-6H. The Morgan fingerprint density at radius 1 is 1.05 bits per heavy atom. The third kappa shape index (κ3) is 3.64. The van der Waals surface area contributed by atoms with Crippen molar-refractivity contribution in [1.29, 1.82) is 5.26 Å². The Morgan fingerprint density at radius 3 is 2.24 bits per heavy atom. The molecule has 0 aliphatic heterocycles. The first-order valence-corrected chi connectivity index (χ1v) is 5.93. The van der Waals surface area contributed by atoms with Crippen LogP contribution < -0.4 is 4.74 Å². The van der Waals surface area contributed by atoms with Gasteiger partial charge in [-0.15, -0.1) is 13.2 Å². The van der Waals surface area contributed by atoms with Crippen LogP contribution in [0.4, 0.5) is 17.6 Å². The lowest BCUT2D eigenvalue weighted by molar-refractivity contribution is -0.274. The van der Waals surface area contributed by atoms with E-state index in [-0.39, 0.29) is 10.6 Å². The number of hydrogen-bond donors (Lipinski definition) is 0. The summed E-state index contributed by atoms with van der Waals surface area (Å²) in [6, 6.07) is 9.04. The van der Waals surface area contributed by atoms with Gasteiger partial charge in [0.15, 0.2) is 0 Å². The third-order valence-corrected chi connectivity index (χ3v) is 2.89. The lowest BCUT2D eigenvalue weighted by Gasteiger charge is -2.11. The molecule has 0 fully saturated rings. The van der Waals surface area contributed by atoms with Gasteiger partial charge in [0, 0.05) is 0 Å². The number of nitriles is 1. The minimum absolute atomic E-state index is 0.0729. The van der Waals surface area contributed by atoms with Crippen LogP contribution in [-0.4, -0.2) is 6.36 Å². The molecular formula is C14H6ClF4NO. The van der Waals surface area contributed by atoms with Gasteiger partial charge in [0.2, 0.25) is 0 Å². The van der Waals surface area contributed by atoms with Crippen LogP contribution in [-0.2, 0) is 0 Å². The molecule has 0 heterocycles. The quantitative estimate of drug-likeness (QED) is 0.737. The minimum atomic E-state index is -4.89. The van der Waals surface area contributed by atoms with E-state index >= 15 is 0 Å². The van der Waals surface area contributed by atoms with Gasteiger partial charge in [0.1, 0.15) is 17.6 Å². The second-order valence-corrected chi connectivity index (χ2v) is 4.41. The molecular weight excluding hydrogens is 310 g/mol. The summed E-state index contributed by atoms with van der Waals surface area (Å²) in [6.07, 6.45) is -4.89. The lowest BCUT2D eigenvalue weighted by Crippen LogP contribution is -2.17. The SMILES string of the molecule is N#Cc1cc(-c2ccc(Cl)c(F)c2)ccc1OC(F)(F)F. The molecule has 21 heavy (non-hydrogen) atoms. The van der Waals surface area contributed by atoms with Crippen molar-refractivity contribution in [2.24, 2.45) is 0 Å². The highest BCUT2D eigenvalue weighted by Gasteiger charge is 2.32. The fraction of sp³-hybridized carbons (Fsp3) is 0.0714. The maximum atomic E-state index is 13.4. The highest BCUT2D eigenvalue weighted by molar-refractivity contribution is 6.30. The molecule has 0 unspecified atom stereocenters. The monoisotopic (exact) mass is 315 g/mol. The molecule has 2 aromatic carbocycles. The molecule has 2 aromatic rings. The van der Waals surface area contributed by atoms with E-state index in [9.17, 15) is 17.6 Å². The molecule has 0 aliphatic rings. The highest BCUT2D eigenvalue weighted by Crippen LogP contribution is 2.31. The zero-order valence-corrected chi connectivity index (χ0v) is 11.0. The number of benzene rings is 2. The molecule has 0 aromatic heterocycles. The van der Waals surface area contributed by atoms with Gasteiger partial charge < -0.3 is 4.74 Å². The fourth-order valence-corrected chi connectivity index (χ4v) is 1.80. The van der Waals surface area contributed by atoms with E-state index < -0.39 is 17.9 Å². The van der Waals surface area contributed by atoms with Gasteiger partial charge in [-0.05, 0) is 35.4 Å². The number of alkyl halides is 3. The predicted molar refractivity (Wildman–Crippen MR) is 68.2 cm³/mol. The van der Waals surface area contributed by atoms with Crippen LogP contribution in [0.25, 0.3) is 11.1 Å². The van der Waals surface area contributed by atoms with E-state index in [1.807, 2.05) is 0 Å². The highest BCUT2D eigenvalue weighted by atomic mass is 35.5. The molecule has 2 nitrogen and oxygen atoms in total. The van der Waals surface area contributed by atoms with Gasteiger partial charge in [-0.3, -0.25) is 0 Å². The molecule has 0 radical (unpaired) electrons. The second kappa shape index (κ2) is 5.62. The first-order valence-electron chi connectivity index (χ1n) is 5.55. The van der Waals surface area contributed by atoms with Crippen LogP contribution in [0.15, 0.2) is 36.4 Å². The topological polar surface area (TPSA) is 33.0 Å². The number of hydrogen-bond acceptors (Lipinski definition) is 2. The summed E-state index contributed by atoms with van der Waals surface area (Å²) in [4.78, 5) is 0. The van der Waals surface area contributed by atoms with Crippen LogP contribution in [0.2, 0.25) is 5.02 Å². The number of halogens is 5. The van der Waals surface area contributed by atoms with Gasteiger partial charge in [-0.1, -0.05) is 23.7 Å². The summed E-state index contributed by atoms with van der Waals surface area (Å²) in [6.45, 7) is 0. The van der Waals surface area contributed by atoms with Crippen molar-refractivity contribution in [3.8, 4) is 22.9 Å². The largest absolute Gasteiger partial charge is 0.573 e. The van der Waals surface area contributed by atoms with Crippen molar-refractivity contribution in [2.45, 2.75) is 6.36 Å². The Bertz CT molecular complexity index is 722. The first-order chi connectivity index (χ1) is 9.80. The second-order valence-electron chi connectivity index (χ2n) is 4.00. The van der Waals surface area contributed by atoms with Crippen molar-refractivity contribution in [3.63, 3.8) is 0 Å². The van der Waals surface area contributed by atoms with Crippen molar-refractivity contribution in [1.82, 2.24) is 0 Å². The van der Waals surface area contributed by atoms with Crippen molar-refractivity contribution >= 4 is 11.6 Å². The molecule has 0 aliphatic carbocycles. The van der Waals surface area contributed by atoms with Gasteiger partial charge in [-0.25, -0.2) is 4.39 Å². The van der Waals surface area contributed by atoms with E-state index in [1.54, 1.807) is 6.07 Å². The van der Waals surface area contributed by atoms with Crippen LogP contribution >= 0.6 is 11.6 Å². The zero-order chi connectivity index (χ0) is 15.6. The molecule has 0 saturated carbocycles. The normalized spacial score (nSPS) is 11.0. The molecule has 2 rings (SSSR count). The summed E-state index contributed by atoms with van der Waals surface area (Å²) in [5, 5.41) is 8.82. The Balaban J connectivity index is 2.44. The fourth-order valence-electron chi connectivity index (χ4n) is 1.69. The van der Waals surface area contributed by atoms with E-state index in [2.05, 4.69) is 4.74 Å². The molecule has 0 bridgehead atoms. The molecule has 108 valence electrons. The number of ether oxygens (including phenoxy) is 1. The zero-order valence-electron chi connectivity index (χ0n) is 10.2. The molecule has 0 atom stereocenters. The Kier molecular flexibility index (Phi) is 4.05. The first kappa shape index (κ1) is 15.1. The van der Waals surface area contributed by atoms with Crippen molar-refractivity contribution in [2.75, 3.05) is 0 Å². The van der Waals surface area contributed by atoms with Crippen LogP contribution in [0.5, 0.6) is 5.75 Å². The van der Waals surface area contributed by atoms with Crippen molar-refractivity contribution in [3.05, 3.63) is 52.8 Å². The van der Waals surface area contributed by atoms with E-state index in [4.69, 9.17) is 16.9 Å². The average molecular weight is 316 g/mol. The van der Waals surface area contributed by atoms with E-state index in [0.29, 0.717) is 11.1 Å². The molecule has 0 spiro atoms. The summed E-state index contributed by atoms with van der Waals surface area (Å²) < 4.78 is 53.7. The Labute approximate surface area is 122 Å². The predicted octanol–water partition coefficient (Wildman–Crippen LogP) is 4.92. The van der Waals surface area contributed by atoms with E-state index in [1.165, 1.54) is 24.3 Å². The van der Waals surface area contributed by atoms with Gasteiger partial charge >= 0.3 is 6.36 Å². The molecule has 7 heteroatoms. The summed E-state index contributed by atoms with van der Waals surface area (Å²) >= 11 is 5.55. The number of nitrogens with zero attached hydrogens (tertiary/aromatic N) is 1. The average Bonchev–Trinajstić information content (AvgIpc) is 2.40. The summed E-state index contributed by atoms with van der Waals surface area (Å²) in [5.74, 6) is -1.27. The summed E-state index contributed by atoms with van der Waals surface area (Å²) in [5.41, 5.74) is 0.448. The van der Waals surface area contributed by atoms with Crippen LogP contribution in [0, 0.1) is 17.1 Å². The van der Waals surface area contributed by atoms with Gasteiger partial charge in [0.05, 0.1) is 10.6 Å². The van der Waals surface area contributed by atoms with Gasteiger partial charge in [0.25, 0.3) is 0 Å². The molecule has 0 amide bonds. The Morgan fingerprint density at radius 2 is 1.67 bits per heavy atom. The van der Waals surface area contributed by atoms with Gasteiger partial charge in [-0.2, -0.15) is 5.26 Å².